The Kier molecular flexibility index (Phi) is 69.7. The third kappa shape index (κ3) is 64.8. The van der Waals surface area contributed by atoms with E-state index in [1.165, 1.54) is 24.3 Å². The van der Waals surface area contributed by atoms with E-state index < -0.39 is 72.1 Å². The number of carbonyl (C=O) groups is 14. The average molecular weight is 1760 g/mol. The van der Waals surface area contributed by atoms with Gasteiger partial charge in [0.2, 0.25) is 29.5 Å². The first-order valence-electron chi connectivity index (χ1n) is 44.1. The predicted octanol–water partition coefficient (Wildman–Crippen LogP) is 9.12. The molecule has 0 heterocycles. The Labute approximate surface area is 730 Å². The summed E-state index contributed by atoms with van der Waals surface area (Å²) in [6, 6.07) is 11.2. The summed E-state index contributed by atoms with van der Waals surface area (Å²) in [5.41, 5.74) is 0.475. The zero-order chi connectivity index (χ0) is 91.4. The number of unbranched alkanes of at least 4 members (excludes halogenated alkanes) is 13. The van der Waals surface area contributed by atoms with Crippen LogP contribution in [0.2, 0.25) is 0 Å². The molecule has 704 valence electrons. The van der Waals surface area contributed by atoms with Crippen LogP contribution >= 0.6 is 0 Å². The Bertz CT molecular complexity index is 3290. The van der Waals surface area contributed by atoms with Crippen molar-refractivity contribution in [1.82, 2.24) is 31.9 Å². The topological polar surface area (TPSA) is 505 Å². The van der Waals surface area contributed by atoms with Crippen molar-refractivity contribution in [3.05, 3.63) is 59.7 Å². The molecule has 5 atom stereocenters. The number of Topliss-reactive ketones (excluding diaryl/α,β-unsaturated/α-hetero) is 4. The molecular formula is C89H144N6O29. The number of aromatic carboxylic acids is 2. The van der Waals surface area contributed by atoms with Crippen LogP contribution in [0.3, 0.4) is 0 Å². The quantitative estimate of drug-likeness (QED) is 0.0275. The summed E-state index contributed by atoms with van der Waals surface area (Å²) in [7, 11) is 1.72. The summed E-state index contributed by atoms with van der Waals surface area (Å²) in [4.78, 5) is 166. The van der Waals surface area contributed by atoms with Gasteiger partial charge in [0.05, 0.1) is 108 Å². The number of carbonyl (C=O) groups excluding carboxylic acids is 9. The zero-order valence-corrected chi connectivity index (χ0v) is 73.7. The molecule has 0 saturated heterocycles. The molecule has 5 amide bonds. The molecule has 1 unspecified atom stereocenters. The summed E-state index contributed by atoms with van der Waals surface area (Å²) in [6.07, 6.45) is 20.8. The number of ether oxygens (including phenoxy) is 10. The standard InChI is InChI=1S/C50H82N4O16.C39H62N2O13/c1-4-15-42(51-3)47(59)37(2)34-39(49(62)63)16-11-12-25-52-44(56)24-23-43(50(64)65)54-46(58)36-69-33-31-67-29-26-53-45(57)35-68-32-30-66-27-14-18-40(55)17-10-8-6-5-7-9-13-28-70-41-21-19-38(20-22-41)48(60)61;1-2-19-40-37(45)18-15-32(39(48)49)28-34(43)30-53-26-24-50-21-10-11-33(42)29-52-27-25-51-23-20-41-36(44)12-8-6-4-3-5-7-9-22-54-35-16-13-31(14-17-35)38(46)47/h19-22,37,39,42-43,51H,4-18,23-36H2,1-3H3,(H,52,56)(H,53,57)(H,54,58)(H,60,61)(H,62,63)(H,64,65);13-14,16-17,32H,2-12,15,18-30H2,1H3,(H,40,45)(H,41,44)(H,46,47)(H,48,49)/t37?,39-,42+,43+;32-/m11/s1. The van der Waals surface area contributed by atoms with E-state index in [2.05, 4.69) is 31.9 Å². The van der Waals surface area contributed by atoms with Crippen LogP contribution in [-0.4, -0.2) is 272 Å². The van der Waals surface area contributed by atoms with Crippen molar-refractivity contribution in [2.45, 2.75) is 238 Å². The Balaban J connectivity index is 0.00000128. The number of aliphatic carboxylic acids is 3. The molecular weight excluding hydrogens is 1620 g/mol. The van der Waals surface area contributed by atoms with Gasteiger partial charge in [0.25, 0.3) is 0 Å². The number of carboxylic acids is 5. The number of benzene rings is 2. The van der Waals surface area contributed by atoms with Gasteiger partial charge in [0.15, 0.2) is 17.3 Å². The summed E-state index contributed by atoms with van der Waals surface area (Å²) in [5.74, 6) is -7.80. The van der Waals surface area contributed by atoms with Crippen LogP contribution in [0.15, 0.2) is 48.5 Å². The van der Waals surface area contributed by atoms with Crippen molar-refractivity contribution in [2.75, 3.05) is 152 Å². The number of hydrogen-bond donors (Lipinski definition) is 11. The fraction of sp³-hybridized carbons (Fsp3) is 0.708. The SMILES string of the molecule is CCCNC(=O)CC[C@H](CC(=O)COCCOCCCC(=O)COCCOCCNC(=O)CCCCCCCCCOc1ccc(C(=O)O)cc1)C(=O)O.CCC[C@H](NC)C(=O)C(C)C[C@@H](CCCCNC(=O)CC[C@H](NC(=O)COCCOCCNC(=O)COCCOCCCC(=O)CCCCCCCCCOc1ccc(C(=O)O)cc1)C(=O)O)C(=O)O. The van der Waals surface area contributed by atoms with E-state index >= 15 is 0 Å². The third-order valence-corrected chi connectivity index (χ3v) is 19.4. The highest BCUT2D eigenvalue weighted by Gasteiger charge is 2.29. The fourth-order valence-electron chi connectivity index (χ4n) is 12.4. The molecule has 0 bridgehead atoms. The van der Waals surface area contributed by atoms with Gasteiger partial charge >= 0.3 is 29.8 Å². The molecule has 2 aromatic carbocycles. The Hall–Kier alpha value is -8.94. The summed E-state index contributed by atoms with van der Waals surface area (Å²) < 4.78 is 54.2. The molecule has 0 fully saturated rings. The smallest absolute Gasteiger partial charge is 0.335 e. The molecule has 0 aliphatic carbocycles. The highest BCUT2D eigenvalue weighted by Crippen LogP contribution is 2.23. The van der Waals surface area contributed by atoms with Gasteiger partial charge < -0.3 is 105 Å². The Morgan fingerprint density at radius 3 is 1.22 bits per heavy atom. The van der Waals surface area contributed by atoms with Gasteiger partial charge in [0.1, 0.15) is 49.8 Å². The molecule has 0 aromatic heterocycles. The van der Waals surface area contributed by atoms with Crippen LogP contribution in [-0.2, 0) is 95.4 Å². The predicted molar refractivity (Wildman–Crippen MR) is 459 cm³/mol. The molecule has 35 nitrogen and oxygen atoms in total. The van der Waals surface area contributed by atoms with Crippen molar-refractivity contribution >= 4 is 82.5 Å². The van der Waals surface area contributed by atoms with E-state index in [1.54, 1.807) is 38.2 Å². The van der Waals surface area contributed by atoms with Crippen LogP contribution in [0, 0.1) is 17.8 Å². The largest absolute Gasteiger partial charge is 0.494 e. The van der Waals surface area contributed by atoms with Gasteiger partial charge in [-0.1, -0.05) is 97.8 Å². The third-order valence-electron chi connectivity index (χ3n) is 19.4. The van der Waals surface area contributed by atoms with E-state index in [0.717, 1.165) is 103 Å². The Morgan fingerprint density at radius 1 is 0.323 bits per heavy atom. The van der Waals surface area contributed by atoms with Crippen LogP contribution in [0.5, 0.6) is 11.5 Å². The maximum Gasteiger partial charge on any atom is 0.335 e. The number of nitrogens with one attached hydrogen (secondary N) is 6. The first kappa shape index (κ1) is 113. The minimum absolute atomic E-state index is 0.00379. The monoisotopic (exact) mass is 1760 g/mol. The number of amides is 5. The number of hydrogen-bond acceptors (Lipinski definition) is 25. The second kappa shape index (κ2) is 76.5. The number of rotatable bonds is 84. The Morgan fingerprint density at radius 2 is 0.734 bits per heavy atom. The van der Waals surface area contributed by atoms with Crippen LogP contribution < -0.4 is 41.4 Å². The van der Waals surface area contributed by atoms with Crippen molar-refractivity contribution in [1.29, 1.82) is 0 Å². The molecule has 0 saturated carbocycles. The molecule has 0 spiro atoms. The minimum atomic E-state index is -1.31. The van der Waals surface area contributed by atoms with E-state index in [0.29, 0.717) is 135 Å². The van der Waals surface area contributed by atoms with Crippen molar-refractivity contribution < 1.29 is 140 Å². The first-order chi connectivity index (χ1) is 59.8. The lowest BCUT2D eigenvalue weighted by molar-refractivity contribution is -0.145. The van der Waals surface area contributed by atoms with E-state index in [1.807, 2.05) is 13.8 Å². The van der Waals surface area contributed by atoms with Gasteiger partial charge in [-0.15, -0.1) is 0 Å². The highest BCUT2D eigenvalue weighted by molar-refractivity contribution is 5.89. The number of carboxylic acid groups (broad SMARTS) is 5. The first-order valence-corrected chi connectivity index (χ1v) is 44.1. The van der Waals surface area contributed by atoms with E-state index in [-0.39, 0.29) is 176 Å². The summed E-state index contributed by atoms with van der Waals surface area (Å²) >= 11 is 0. The summed E-state index contributed by atoms with van der Waals surface area (Å²) in [5, 5.41) is 62.6. The molecule has 124 heavy (non-hydrogen) atoms. The van der Waals surface area contributed by atoms with Crippen molar-refractivity contribution in [2.24, 2.45) is 17.8 Å². The second-order valence-corrected chi connectivity index (χ2v) is 30.2. The lowest BCUT2D eigenvalue weighted by Crippen LogP contribution is -2.43. The second-order valence-electron chi connectivity index (χ2n) is 30.2. The minimum Gasteiger partial charge on any atom is -0.494 e. The van der Waals surface area contributed by atoms with E-state index in [4.69, 9.17) is 57.6 Å². The van der Waals surface area contributed by atoms with Gasteiger partial charge in [-0.2, -0.15) is 0 Å². The lowest BCUT2D eigenvalue weighted by atomic mass is 9.86. The van der Waals surface area contributed by atoms with Gasteiger partial charge in [-0.05, 0) is 139 Å². The molecule has 2 rings (SSSR count). The van der Waals surface area contributed by atoms with Gasteiger partial charge in [0, 0.05) is 90.3 Å². The average Bonchev–Trinajstić information content (AvgIpc) is 0.903. The van der Waals surface area contributed by atoms with Crippen molar-refractivity contribution in [3.8, 4) is 11.5 Å². The molecule has 35 heteroatoms. The van der Waals surface area contributed by atoms with Crippen molar-refractivity contribution in [3.63, 3.8) is 0 Å². The molecule has 2 aromatic rings. The maximum atomic E-state index is 12.7. The van der Waals surface area contributed by atoms with E-state index in [9.17, 15) is 82.4 Å². The number of likely N-dealkylation sites (N-methyl/N-ethyl adjacent to an activating group) is 1. The van der Waals surface area contributed by atoms with Crippen LogP contribution in [0.25, 0.3) is 0 Å². The highest BCUT2D eigenvalue weighted by atomic mass is 16.5. The molecule has 0 radical (unpaired) electrons. The lowest BCUT2D eigenvalue weighted by Gasteiger charge is -2.21. The maximum absolute atomic E-state index is 12.7. The van der Waals surface area contributed by atoms with Gasteiger partial charge in [-0.3, -0.25) is 52.7 Å². The number of ketones is 4. The van der Waals surface area contributed by atoms with Crippen LogP contribution in [0.4, 0.5) is 0 Å². The molecule has 0 aliphatic heterocycles. The molecule has 0 aliphatic rings. The van der Waals surface area contributed by atoms with Gasteiger partial charge in [-0.25, -0.2) is 14.4 Å². The fourth-order valence-corrected chi connectivity index (χ4v) is 12.4. The normalized spacial score (nSPS) is 12.3. The molecule has 11 N–H and O–H groups in total. The summed E-state index contributed by atoms with van der Waals surface area (Å²) in [6.45, 7) is 10.4. The van der Waals surface area contributed by atoms with Crippen LogP contribution in [0.1, 0.15) is 247 Å². The zero-order valence-electron chi connectivity index (χ0n) is 73.7.